The highest BCUT2D eigenvalue weighted by molar-refractivity contribution is 7.16. The van der Waals surface area contributed by atoms with E-state index in [2.05, 4.69) is 5.32 Å². The van der Waals surface area contributed by atoms with Crippen molar-refractivity contribution in [3.8, 4) is 0 Å². The first-order valence-corrected chi connectivity index (χ1v) is 7.54. The van der Waals surface area contributed by atoms with Gasteiger partial charge < -0.3 is 10.4 Å². The van der Waals surface area contributed by atoms with Crippen LogP contribution >= 0.6 is 22.9 Å². The Balaban J connectivity index is 1.79. The number of thiophene rings is 1. The average Bonchev–Trinajstić information content (AvgIpc) is 2.75. The molecule has 1 aromatic heterocycles. The second kappa shape index (κ2) is 6.55. The number of carbonyl (C=O) groups is 1. The van der Waals surface area contributed by atoms with E-state index in [-0.39, 0.29) is 11.8 Å². The molecule has 3 nitrogen and oxygen atoms in total. The van der Waals surface area contributed by atoms with E-state index in [4.69, 9.17) is 11.6 Å². The van der Waals surface area contributed by atoms with E-state index >= 15 is 0 Å². The molecule has 0 aromatic carbocycles. The third-order valence-corrected chi connectivity index (χ3v) is 4.79. The topological polar surface area (TPSA) is 49.3 Å². The Morgan fingerprint density at radius 2 is 2.22 bits per heavy atom. The van der Waals surface area contributed by atoms with Crippen molar-refractivity contribution in [2.75, 3.05) is 6.54 Å². The molecule has 0 saturated heterocycles. The minimum Gasteiger partial charge on any atom is -0.481 e. The van der Waals surface area contributed by atoms with Gasteiger partial charge in [0.15, 0.2) is 0 Å². The van der Waals surface area contributed by atoms with Gasteiger partial charge in [0, 0.05) is 11.4 Å². The Bertz CT molecular complexity index is 407. The van der Waals surface area contributed by atoms with Crippen molar-refractivity contribution in [2.24, 2.45) is 11.8 Å². The maximum atomic E-state index is 11.2. The van der Waals surface area contributed by atoms with Gasteiger partial charge >= 0.3 is 5.97 Å². The molecule has 2 atom stereocenters. The average molecular weight is 288 g/mol. The van der Waals surface area contributed by atoms with Crippen LogP contribution in [0, 0.1) is 11.8 Å². The minimum atomic E-state index is -0.638. The predicted octanol–water partition coefficient (Wildman–Crippen LogP) is 3.38. The van der Waals surface area contributed by atoms with Gasteiger partial charge in [0.2, 0.25) is 0 Å². The first-order chi connectivity index (χ1) is 8.66. The third kappa shape index (κ3) is 3.70. The summed E-state index contributed by atoms with van der Waals surface area (Å²) >= 11 is 7.43. The molecule has 1 aromatic rings. The summed E-state index contributed by atoms with van der Waals surface area (Å²) in [4.78, 5) is 12.4. The van der Waals surface area contributed by atoms with Crippen molar-refractivity contribution >= 4 is 28.9 Å². The van der Waals surface area contributed by atoms with Crippen LogP contribution in [0.3, 0.4) is 0 Å². The number of rotatable bonds is 5. The molecule has 1 heterocycles. The van der Waals surface area contributed by atoms with Gasteiger partial charge in [-0.1, -0.05) is 24.4 Å². The van der Waals surface area contributed by atoms with Crippen molar-refractivity contribution in [1.82, 2.24) is 5.32 Å². The molecule has 2 unspecified atom stereocenters. The minimum absolute atomic E-state index is 0.168. The fourth-order valence-electron chi connectivity index (χ4n) is 2.60. The summed E-state index contributed by atoms with van der Waals surface area (Å²) < 4.78 is 0.799. The fourth-order valence-corrected chi connectivity index (χ4v) is 3.66. The Labute approximate surface area is 116 Å². The van der Waals surface area contributed by atoms with E-state index in [1.807, 2.05) is 12.1 Å². The number of aliphatic carboxylic acids is 1. The van der Waals surface area contributed by atoms with Gasteiger partial charge in [-0.05, 0) is 37.4 Å². The van der Waals surface area contributed by atoms with Crippen LogP contribution in [0.1, 0.15) is 30.6 Å². The molecule has 2 rings (SSSR count). The zero-order chi connectivity index (χ0) is 13.0. The predicted molar refractivity (Wildman–Crippen MR) is 74.1 cm³/mol. The van der Waals surface area contributed by atoms with E-state index < -0.39 is 5.97 Å². The van der Waals surface area contributed by atoms with E-state index in [0.29, 0.717) is 0 Å². The maximum Gasteiger partial charge on any atom is 0.306 e. The highest BCUT2D eigenvalue weighted by Crippen LogP contribution is 2.30. The lowest BCUT2D eigenvalue weighted by Gasteiger charge is -2.28. The van der Waals surface area contributed by atoms with Crippen LogP contribution < -0.4 is 5.32 Å². The standard InChI is InChI=1S/C13H18ClNO2S/c14-12-6-5-10(18-12)8-15-7-9-3-1-2-4-11(9)13(16)17/h5-6,9,11,15H,1-4,7-8H2,(H,16,17). The van der Waals surface area contributed by atoms with Crippen molar-refractivity contribution in [1.29, 1.82) is 0 Å². The van der Waals surface area contributed by atoms with Crippen molar-refractivity contribution in [2.45, 2.75) is 32.2 Å². The molecule has 0 bridgehead atoms. The Morgan fingerprint density at radius 1 is 1.44 bits per heavy atom. The quantitative estimate of drug-likeness (QED) is 0.873. The van der Waals surface area contributed by atoms with Crippen LogP contribution in [0.15, 0.2) is 12.1 Å². The molecular formula is C13H18ClNO2S. The van der Waals surface area contributed by atoms with Gasteiger partial charge in [-0.3, -0.25) is 4.79 Å². The van der Waals surface area contributed by atoms with Gasteiger partial charge in [0.25, 0.3) is 0 Å². The number of carboxylic acid groups (broad SMARTS) is 1. The molecule has 100 valence electrons. The van der Waals surface area contributed by atoms with Gasteiger partial charge in [-0.2, -0.15) is 0 Å². The Hall–Kier alpha value is -0.580. The lowest BCUT2D eigenvalue weighted by atomic mass is 9.79. The number of halogens is 1. The fraction of sp³-hybridized carbons (Fsp3) is 0.615. The zero-order valence-electron chi connectivity index (χ0n) is 10.2. The molecule has 2 N–H and O–H groups in total. The molecule has 0 spiro atoms. The van der Waals surface area contributed by atoms with E-state index in [9.17, 15) is 9.90 Å². The first kappa shape index (κ1) is 13.8. The number of hydrogen-bond acceptors (Lipinski definition) is 3. The van der Waals surface area contributed by atoms with Crippen LogP contribution in [-0.2, 0) is 11.3 Å². The summed E-state index contributed by atoms with van der Waals surface area (Å²) in [6.07, 6.45) is 4.05. The van der Waals surface area contributed by atoms with E-state index in [0.717, 1.165) is 43.1 Å². The summed E-state index contributed by atoms with van der Waals surface area (Å²) in [5.74, 6) is -0.537. The molecule has 0 aliphatic heterocycles. The van der Waals surface area contributed by atoms with Crippen LogP contribution in [-0.4, -0.2) is 17.6 Å². The molecule has 1 aliphatic carbocycles. The maximum absolute atomic E-state index is 11.2. The summed E-state index contributed by atoms with van der Waals surface area (Å²) in [5, 5.41) is 12.5. The van der Waals surface area contributed by atoms with Gasteiger partial charge in [-0.25, -0.2) is 0 Å². The molecule has 18 heavy (non-hydrogen) atoms. The summed E-state index contributed by atoms with van der Waals surface area (Å²) in [6.45, 7) is 1.56. The normalized spacial score (nSPS) is 24.1. The lowest BCUT2D eigenvalue weighted by molar-refractivity contribution is -0.144. The lowest BCUT2D eigenvalue weighted by Crippen LogP contribution is -2.34. The van der Waals surface area contributed by atoms with Crippen molar-refractivity contribution < 1.29 is 9.90 Å². The number of carboxylic acids is 1. The summed E-state index contributed by atoms with van der Waals surface area (Å²) in [6, 6.07) is 3.90. The summed E-state index contributed by atoms with van der Waals surface area (Å²) in [5.41, 5.74) is 0. The van der Waals surface area contributed by atoms with Crippen molar-refractivity contribution in [3.05, 3.63) is 21.3 Å². The first-order valence-electron chi connectivity index (χ1n) is 6.34. The summed E-state index contributed by atoms with van der Waals surface area (Å²) in [7, 11) is 0. The number of hydrogen-bond donors (Lipinski definition) is 2. The SMILES string of the molecule is O=C(O)C1CCCCC1CNCc1ccc(Cl)s1. The smallest absolute Gasteiger partial charge is 0.306 e. The molecule has 1 fully saturated rings. The second-order valence-electron chi connectivity index (χ2n) is 4.83. The van der Waals surface area contributed by atoms with Crippen LogP contribution in [0.4, 0.5) is 0 Å². The van der Waals surface area contributed by atoms with Crippen molar-refractivity contribution in [3.63, 3.8) is 0 Å². The van der Waals surface area contributed by atoms with Gasteiger partial charge in [-0.15, -0.1) is 11.3 Å². The van der Waals surface area contributed by atoms with Crippen LogP contribution in [0.2, 0.25) is 4.34 Å². The molecular weight excluding hydrogens is 270 g/mol. The van der Waals surface area contributed by atoms with Crippen LogP contribution in [0.25, 0.3) is 0 Å². The van der Waals surface area contributed by atoms with E-state index in [1.54, 1.807) is 11.3 Å². The highest BCUT2D eigenvalue weighted by atomic mass is 35.5. The highest BCUT2D eigenvalue weighted by Gasteiger charge is 2.30. The Morgan fingerprint density at radius 3 is 2.89 bits per heavy atom. The Kier molecular flexibility index (Phi) is 5.03. The third-order valence-electron chi connectivity index (χ3n) is 3.56. The monoisotopic (exact) mass is 287 g/mol. The van der Waals surface area contributed by atoms with Gasteiger partial charge in [0.05, 0.1) is 10.3 Å². The van der Waals surface area contributed by atoms with Crippen LogP contribution in [0.5, 0.6) is 0 Å². The molecule has 5 heteroatoms. The van der Waals surface area contributed by atoms with E-state index in [1.165, 1.54) is 4.88 Å². The molecule has 1 aliphatic rings. The zero-order valence-corrected chi connectivity index (χ0v) is 11.8. The molecule has 1 saturated carbocycles. The number of nitrogens with one attached hydrogen (secondary N) is 1. The molecule has 0 radical (unpaired) electrons. The molecule has 0 amide bonds. The largest absolute Gasteiger partial charge is 0.481 e. The van der Waals surface area contributed by atoms with Gasteiger partial charge in [0.1, 0.15) is 0 Å². The second-order valence-corrected chi connectivity index (χ2v) is 6.63.